The Morgan fingerprint density at radius 3 is 2.59 bits per heavy atom. The highest BCUT2D eigenvalue weighted by molar-refractivity contribution is 7.98. The number of morpholine rings is 1. The number of benzene rings is 1. The van der Waals surface area contributed by atoms with Crippen molar-refractivity contribution >= 4 is 35.2 Å². The maximum absolute atomic E-state index is 13.1. The number of nitrogens with one attached hydrogen (secondary N) is 2. The first-order valence-electron chi connectivity index (χ1n) is 10.7. The molecule has 1 saturated heterocycles. The van der Waals surface area contributed by atoms with Gasteiger partial charge in [-0.3, -0.25) is 14.5 Å². The summed E-state index contributed by atoms with van der Waals surface area (Å²) >= 11 is 7.78. The van der Waals surface area contributed by atoms with Gasteiger partial charge in [-0.1, -0.05) is 23.7 Å². The Hall–Kier alpha value is -2.00. The molecule has 2 aromatic rings. The summed E-state index contributed by atoms with van der Waals surface area (Å²) in [6, 6.07) is 9.93. The molecule has 1 aliphatic rings. The van der Waals surface area contributed by atoms with Crippen LogP contribution in [0.2, 0.25) is 5.02 Å². The first-order chi connectivity index (χ1) is 15.5. The molecule has 0 radical (unpaired) electrons. The Labute approximate surface area is 198 Å². The van der Waals surface area contributed by atoms with Gasteiger partial charge in [-0.25, -0.2) is 0 Å². The number of amides is 2. The molecule has 32 heavy (non-hydrogen) atoms. The monoisotopic (exact) mass is 479 g/mol. The van der Waals surface area contributed by atoms with Crippen LogP contribution in [0, 0.1) is 6.92 Å². The summed E-state index contributed by atoms with van der Waals surface area (Å²) in [6.45, 7) is 5.10. The van der Waals surface area contributed by atoms with Gasteiger partial charge >= 0.3 is 0 Å². The molecule has 1 aromatic heterocycles. The Kier molecular flexibility index (Phi) is 9.47. The Bertz CT molecular complexity index is 901. The molecular formula is C23H30ClN3O4S. The smallest absolute Gasteiger partial charge is 0.253 e. The molecule has 9 heteroatoms. The number of carbonyl (C=O) groups excluding carboxylic acids is 2. The molecule has 2 amide bonds. The number of carbonyl (C=O) groups is 2. The van der Waals surface area contributed by atoms with Crippen LogP contribution in [-0.2, 0) is 9.53 Å². The largest absolute Gasteiger partial charge is 0.465 e. The molecule has 2 N–H and O–H groups in total. The molecule has 0 saturated carbocycles. The maximum Gasteiger partial charge on any atom is 0.253 e. The third-order valence-electron chi connectivity index (χ3n) is 5.40. The van der Waals surface area contributed by atoms with E-state index in [2.05, 4.69) is 15.5 Å². The van der Waals surface area contributed by atoms with Crippen molar-refractivity contribution in [2.45, 2.75) is 25.4 Å². The highest BCUT2D eigenvalue weighted by atomic mass is 35.5. The minimum Gasteiger partial charge on any atom is -0.465 e. The molecular weight excluding hydrogens is 450 g/mol. The third kappa shape index (κ3) is 6.75. The molecule has 2 atom stereocenters. The summed E-state index contributed by atoms with van der Waals surface area (Å²) in [5.41, 5.74) is 0.355. The number of thioether (sulfide) groups is 1. The van der Waals surface area contributed by atoms with Gasteiger partial charge in [0.25, 0.3) is 5.91 Å². The van der Waals surface area contributed by atoms with Gasteiger partial charge in [-0.2, -0.15) is 11.8 Å². The number of hydrogen-bond donors (Lipinski definition) is 2. The predicted molar refractivity (Wildman–Crippen MR) is 127 cm³/mol. The van der Waals surface area contributed by atoms with Gasteiger partial charge in [-0.05, 0) is 49.6 Å². The molecule has 2 heterocycles. The fourth-order valence-corrected chi connectivity index (χ4v) is 4.33. The first-order valence-corrected chi connectivity index (χ1v) is 12.5. The molecule has 2 unspecified atom stereocenters. The second-order valence-corrected chi connectivity index (χ2v) is 9.04. The molecule has 1 fully saturated rings. The lowest BCUT2D eigenvalue weighted by Crippen LogP contribution is -2.50. The van der Waals surface area contributed by atoms with E-state index in [9.17, 15) is 9.59 Å². The van der Waals surface area contributed by atoms with Crippen molar-refractivity contribution in [2.24, 2.45) is 0 Å². The van der Waals surface area contributed by atoms with Gasteiger partial charge in [0.2, 0.25) is 5.91 Å². The number of ether oxygens (including phenoxy) is 1. The highest BCUT2D eigenvalue weighted by Gasteiger charge is 2.28. The number of nitrogens with zero attached hydrogens (tertiary/aromatic N) is 1. The minimum atomic E-state index is -0.658. The van der Waals surface area contributed by atoms with E-state index in [-0.39, 0.29) is 17.9 Å². The molecule has 0 bridgehead atoms. The lowest BCUT2D eigenvalue weighted by atomic mass is 10.1. The van der Waals surface area contributed by atoms with Crippen LogP contribution in [0.4, 0.5) is 0 Å². The van der Waals surface area contributed by atoms with E-state index in [1.54, 1.807) is 36.0 Å². The summed E-state index contributed by atoms with van der Waals surface area (Å²) in [5.74, 6) is 1.80. The predicted octanol–water partition coefficient (Wildman–Crippen LogP) is 3.28. The second-order valence-electron chi connectivity index (χ2n) is 7.65. The maximum atomic E-state index is 13.1. The van der Waals surface area contributed by atoms with Crippen LogP contribution in [0.1, 0.15) is 34.3 Å². The van der Waals surface area contributed by atoms with Crippen LogP contribution in [-0.4, -0.2) is 67.6 Å². The zero-order valence-electron chi connectivity index (χ0n) is 18.4. The van der Waals surface area contributed by atoms with Crippen molar-refractivity contribution in [1.29, 1.82) is 0 Å². The fraction of sp³-hybridized carbons (Fsp3) is 0.478. The minimum absolute atomic E-state index is 0.1000. The average molecular weight is 480 g/mol. The zero-order chi connectivity index (χ0) is 22.9. The lowest BCUT2D eigenvalue weighted by Gasteiger charge is -2.33. The second kappa shape index (κ2) is 12.3. The van der Waals surface area contributed by atoms with E-state index in [0.29, 0.717) is 36.8 Å². The topological polar surface area (TPSA) is 83.8 Å². The summed E-state index contributed by atoms with van der Waals surface area (Å²) in [4.78, 5) is 28.1. The number of aryl methyl sites for hydroxylation is 1. The van der Waals surface area contributed by atoms with E-state index < -0.39 is 6.04 Å². The number of halogens is 1. The fourth-order valence-electron chi connectivity index (χ4n) is 3.64. The highest BCUT2D eigenvalue weighted by Crippen LogP contribution is 2.23. The van der Waals surface area contributed by atoms with Gasteiger partial charge in [0, 0.05) is 19.6 Å². The van der Waals surface area contributed by atoms with Gasteiger partial charge in [0.05, 0.1) is 29.8 Å². The number of hydrogen-bond acceptors (Lipinski definition) is 6. The van der Waals surface area contributed by atoms with Gasteiger partial charge in [0.1, 0.15) is 17.6 Å². The van der Waals surface area contributed by atoms with E-state index in [0.717, 1.165) is 30.4 Å². The standard InChI is InChI=1S/C23H30ClN3O4S/c1-16-7-8-21(31-16)20(27-10-12-30-13-11-27)15-25-23(29)19(9-14-32-2)26-22(28)17-5-3-4-6-18(17)24/h3-8,19-20H,9-15H2,1-2H3,(H,25,29)(H,26,28). The molecule has 1 aromatic carbocycles. The number of furan rings is 1. The van der Waals surface area contributed by atoms with Crippen molar-refractivity contribution < 1.29 is 18.7 Å². The van der Waals surface area contributed by atoms with Crippen LogP contribution in [0.5, 0.6) is 0 Å². The van der Waals surface area contributed by atoms with Crippen molar-refractivity contribution in [3.8, 4) is 0 Å². The number of rotatable bonds is 10. The van der Waals surface area contributed by atoms with Crippen LogP contribution >= 0.6 is 23.4 Å². The van der Waals surface area contributed by atoms with Crippen molar-refractivity contribution in [1.82, 2.24) is 15.5 Å². The summed E-state index contributed by atoms with van der Waals surface area (Å²) in [7, 11) is 0. The SMILES string of the molecule is CSCCC(NC(=O)c1ccccc1Cl)C(=O)NCC(c1ccc(C)o1)N1CCOCC1. The Morgan fingerprint density at radius 2 is 1.94 bits per heavy atom. The molecule has 7 nitrogen and oxygen atoms in total. The van der Waals surface area contributed by atoms with Crippen LogP contribution in [0.3, 0.4) is 0 Å². The third-order valence-corrected chi connectivity index (χ3v) is 6.37. The molecule has 0 spiro atoms. The van der Waals surface area contributed by atoms with Crippen LogP contribution in [0.15, 0.2) is 40.8 Å². The Morgan fingerprint density at radius 1 is 1.19 bits per heavy atom. The van der Waals surface area contributed by atoms with E-state index >= 15 is 0 Å². The van der Waals surface area contributed by atoms with E-state index in [1.807, 2.05) is 25.3 Å². The van der Waals surface area contributed by atoms with E-state index in [4.69, 9.17) is 20.8 Å². The molecule has 174 valence electrons. The van der Waals surface area contributed by atoms with Crippen molar-refractivity contribution in [3.63, 3.8) is 0 Å². The quantitative estimate of drug-likeness (QED) is 0.544. The van der Waals surface area contributed by atoms with E-state index in [1.165, 1.54) is 0 Å². The molecule has 0 aliphatic carbocycles. The summed E-state index contributed by atoms with van der Waals surface area (Å²) < 4.78 is 11.3. The zero-order valence-corrected chi connectivity index (χ0v) is 20.0. The lowest BCUT2D eigenvalue weighted by molar-refractivity contribution is -0.123. The Balaban J connectivity index is 1.68. The molecule has 3 rings (SSSR count). The van der Waals surface area contributed by atoms with Gasteiger partial charge < -0.3 is 19.8 Å². The van der Waals surface area contributed by atoms with Crippen molar-refractivity contribution in [3.05, 3.63) is 58.5 Å². The van der Waals surface area contributed by atoms with Crippen molar-refractivity contribution in [2.75, 3.05) is 44.9 Å². The van der Waals surface area contributed by atoms with Gasteiger partial charge in [0.15, 0.2) is 0 Å². The molecule has 1 aliphatic heterocycles. The van der Waals surface area contributed by atoms with Crippen LogP contribution in [0.25, 0.3) is 0 Å². The summed E-state index contributed by atoms with van der Waals surface area (Å²) in [6.07, 6.45) is 2.49. The van der Waals surface area contributed by atoms with Gasteiger partial charge in [-0.15, -0.1) is 0 Å². The average Bonchev–Trinajstić information content (AvgIpc) is 3.23. The first kappa shape index (κ1) is 24.6. The normalized spacial score (nSPS) is 16.3. The van der Waals surface area contributed by atoms with Crippen LogP contribution < -0.4 is 10.6 Å². The summed E-state index contributed by atoms with van der Waals surface area (Å²) in [5, 5.41) is 6.24.